The molecule has 3 nitrogen and oxygen atoms in total. The summed E-state index contributed by atoms with van der Waals surface area (Å²) in [6, 6.07) is 2.90. The summed E-state index contributed by atoms with van der Waals surface area (Å²) in [6.45, 7) is 2.23. The number of nitrogens with one attached hydrogen (secondary N) is 1. The highest BCUT2D eigenvalue weighted by Gasteiger charge is 2.23. The number of nitrogens with two attached hydrogens (primary N) is 1. The minimum Gasteiger partial charge on any atom is -0.399 e. The monoisotopic (exact) mass is 222 g/mol. The van der Waals surface area contributed by atoms with Gasteiger partial charge in [0.15, 0.2) is 0 Å². The molecule has 0 bridgehead atoms. The number of rotatable bonds is 3. The summed E-state index contributed by atoms with van der Waals surface area (Å²) >= 11 is 0. The van der Waals surface area contributed by atoms with Crippen molar-refractivity contribution in [3.8, 4) is 0 Å². The van der Waals surface area contributed by atoms with Gasteiger partial charge in [0.25, 0.3) is 5.91 Å². The van der Waals surface area contributed by atoms with E-state index in [4.69, 9.17) is 5.73 Å². The first-order valence-electron chi connectivity index (χ1n) is 5.41. The van der Waals surface area contributed by atoms with Crippen LogP contribution in [0.3, 0.4) is 0 Å². The van der Waals surface area contributed by atoms with E-state index in [0.29, 0.717) is 23.7 Å². The van der Waals surface area contributed by atoms with Crippen molar-refractivity contribution >= 4 is 11.6 Å². The van der Waals surface area contributed by atoms with Crippen molar-refractivity contribution in [2.75, 3.05) is 12.3 Å². The number of hydrogen-bond acceptors (Lipinski definition) is 2. The smallest absolute Gasteiger partial charge is 0.254 e. The molecule has 4 heteroatoms. The van der Waals surface area contributed by atoms with E-state index in [-0.39, 0.29) is 11.5 Å². The van der Waals surface area contributed by atoms with Gasteiger partial charge in [-0.2, -0.15) is 0 Å². The molecule has 1 amide bonds. The molecule has 0 unspecified atom stereocenters. The molecule has 1 fully saturated rings. The van der Waals surface area contributed by atoms with Crippen LogP contribution in [0.1, 0.15) is 28.8 Å². The fraction of sp³-hybridized carbons (Fsp3) is 0.417. The van der Waals surface area contributed by atoms with Gasteiger partial charge in [-0.05, 0) is 43.4 Å². The van der Waals surface area contributed by atoms with Crippen LogP contribution in [0.25, 0.3) is 0 Å². The summed E-state index contributed by atoms with van der Waals surface area (Å²) in [4.78, 5) is 11.7. The van der Waals surface area contributed by atoms with Gasteiger partial charge in [0.1, 0.15) is 5.82 Å². The normalized spacial score (nSPS) is 14.9. The fourth-order valence-electron chi connectivity index (χ4n) is 1.62. The lowest BCUT2D eigenvalue weighted by molar-refractivity contribution is 0.0947. The number of benzene rings is 1. The molecule has 1 aliphatic rings. The summed E-state index contributed by atoms with van der Waals surface area (Å²) in [5.74, 6) is -0.281. The van der Waals surface area contributed by atoms with Gasteiger partial charge in [0.2, 0.25) is 0 Å². The third-order valence-corrected chi connectivity index (χ3v) is 2.77. The van der Waals surface area contributed by atoms with Crippen molar-refractivity contribution in [1.29, 1.82) is 0 Å². The van der Waals surface area contributed by atoms with E-state index in [2.05, 4.69) is 5.32 Å². The number of carbonyl (C=O) groups is 1. The lowest BCUT2D eigenvalue weighted by Gasteiger charge is -2.08. The van der Waals surface area contributed by atoms with Crippen LogP contribution in [0.4, 0.5) is 10.1 Å². The average Bonchev–Trinajstić information content (AvgIpc) is 3.03. The standard InChI is InChI=1S/C12H15FN2O/c1-7-4-9(14)5-10(11(7)13)12(16)15-6-8-2-3-8/h4-5,8H,2-3,6,14H2,1H3,(H,15,16). The zero-order valence-electron chi connectivity index (χ0n) is 9.22. The summed E-state index contributed by atoms with van der Waals surface area (Å²) in [5.41, 5.74) is 6.44. The van der Waals surface area contributed by atoms with E-state index in [1.807, 2.05) is 0 Å². The van der Waals surface area contributed by atoms with E-state index in [9.17, 15) is 9.18 Å². The molecule has 1 saturated carbocycles. The Morgan fingerprint density at radius 2 is 2.25 bits per heavy atom. The highest BCUT2D eigenvalue weighted by atomic mass is 19.1. The van der Waals surface area contributed by atoms with Gasteiger partial charge in [0.05, 0.1) is 5.56 Å². The number of amides is 1. The Morgan fingerprint density at radius 1 is 1.56 bits per heavy atom. The molecule has 0 aromatic heterocycles. The Balaban J connectivity index is 2.14. The molecular formula is C12H15FN2O. The van der Waals surface area contributed by atoms with Crippen LogP contribution >= 0.6 is 0 Å². The Bertz CT molecular complexity index is 427. The lowest BCUT2D eigenvalue weighted by Crippen LogP contribution is -2.26. The molecular weight excluding hydrogens is 207 g/mol. The predicted octanol–water partition coefficient (Wildman–Crippen LogP) is 1.86. The Labute approximate surface area is 93.8 Å². The van der Waals surface area contributed by atoms with Crippen molar-refractivity contribution < 1.29 is 9.18 Å². The topological polar surface area (TPSA) is 55.1 Å². The highest BCUT2D eigenvalue weighted by molar-refractivity contribution is 5.95. The van der Waals surface area contributed by atoms with Gasteiger partial charge in [-0.25, -0.2) is 4.39 Å². The van der Waals surface area contributed by atoms with Crippen LogP contribution in [-0.4, -0.2) is 12.5 Å². The number of carbonyl (C=O) groups excluding carboxylic acids is 1. The first kappa shape index (κ1) is 10.9. The second-order valence-electron chi connectivity index (χ2n) is 4.35. The fourth-order valence-corrected chi connectivity index (χ4v) is 1.62. The molecule has 16 heavy (non-hydrogen) atoms. The maximum absolute atomic E-state index is 13.7. The number of hydrogen-bond donors (Lipinski definition) is 2. The van der Waals surface area contributed by atoms with E-state index >= 15 is 0 Å². The van der Waals surface area contributed by atoms with Crippen LogP contribution in [-0.2, 0) is 0 Å². The van der Waals surface area contributed by atoms with E-state index in [1.54, 1.807) is 6.92 Å². The Kier molecular flexibility index (Phi) is 2.81. The first-order chi connectivity index (χ1) is 7.58. The number of anilines is 1. The highest BCUT2D eigenvalue weighted by Crippen LogP contribution is 2.27. The average molecular weight is 222 g/mol. The third-order valence-electron chi connectivity index (χ3n) is 2.77. The maximum Gasteiger partial charge on any atom is 0.254 e. The molecule has 2 rings (SSSR count). The molecule has 0 atom stereocenters. The predicted molar refractivity (Wildman–Crippen MR) is 60.6 cm³/mol. The van der Waals surface area contributed by atoms with Crippen molar-refractivity contribution in [3.63, 3.8) is 0 Å². The minimum absolute atomic E-state index is 0.0400. The van der Waals surface area contributed by atoms with Crippen LogP contribution < -0.4 is 11.1 Å². The number of nitrogen functional groups attached to an aromatic ring is 1. The molecule has 0 heterocycles. The molecule has 0 aliphatic heterocycles. The summed E-state index contributed by atoms with van der Waals surface area (Å²) in [6.07, 6.45) is 2.30. The Morgan fingerprint density at radius 3 is 2.88 bits per heavy atom. The number of halogens is 1. The van der Waals surface area contributed by atoms with E-state index < -0.39 is 5.82 Å². The molecule has 1 aliphatic carbocycles. The molecule has 0 saturated heterocycles. The van der Waals surface area contributed by atoms with E-state index in [0.717, 1.165) is 12.8 Å². The van der Waals surface area contributed by atoms with E-state index in [1.165, 1.54) is 12.1 Å². The quantitative estimate of drug-likeness (QED) is 0.767. The van der Waals surface area contributed by atoms with Gasteiger partial charge in [-0.15, -0.1) is 0 Å². The van der Waals surface area contributed by atoms with Gasteiger partial charge in [-0.1, -0.05) is 0 Å². The van der Waals surface area contributed by atoms with Crippen molar-refractivity contribution in [2.24, 2.45) is 5.92 Å². The summed E-state index contributed by atoms with van der Waals surface area (Å²) in [5, 5.41) is 2.72. The second-order valence-corrected chi connectivity index (χ2v) is 4.35. The summed E-state index contributed by atoms with van der Waals surface area (Å²) < 4.78 is 13.7. The number of aryl methyl sites for hydroxylation is 1. The van der Waals surface area contributed by atoms with Crippen molar-refractivity contribution in [2.45, 2.75) is 19.8 Å². The molecule has 0 radical (unpaired) electrons. The Hall–Kier alpha value is -1.58. The van der Waals surface area contributed by atoms with Gasteiger partial charge < -0.3 is 11.1 Å². The third kappa shape index (κ3) is 2.32. The van der Waals surface area contributed by atoms with Crippen LogP contribution in [0.5, 0.6) is 0 Å². The molecule has 1 aromatic rings. The lowest BCUT2D eigenvalue weighted by atomic mass is 10.1. The van der Waals surface area contributed by atoms with Gasteiger partial charge >= 0.3 is 0 Å². The van der Waals surface area contributed by atoms with Crippen molar-refractivity contribution in [1.82, 2.24) is 5.32 Å². The van der Waals surface area contributed by atoms with Gasteiger partial charge in [0, 0.05) is 12.2 Å². The van der Waals surface area contributed by atoms with Gasteiger partial charge in [-0.3, -0.25) is 4.79 Å². The first-order valence-corrected chi connectivity index (χ1v) is 5.41. The zero-order chi connectivity index (χ0) is 11.7. The molecule has 3 N–H and O–H groups in total. The maximum atomic E-state index is 13.7. The zero-order valence-corrected chi connectivity index (χ0v) is 9.22. The largest absolute Gasteiger partial charge is 0.399 e. The van der Waals surface area contributed by atoms with Crippen LogP contribution in [0, 0.1) is 18.7 Å². The van der Waals surface area contributed by atoms with Crippen LogP contribution in [0.2, 0.25) is 0 Å². The molecule has 1 aromatic carbocycles. The molecule has 0 spiro atoms. The van der Waals surface area contributed by atoms with Crippen molar-refractivity contribution in [3.05, 3.63) is 29.1 Å². The summed E-state index contributed by atoms with van der Waals surface area (Å²) in [7, 11) is 0. The molecule has 86 valence electrons. The second kappa shape index (κ2) is 4.12. The SMILES string of the molecule is Cc1cc(N)cc(C(=O)NCC2CC2)c1F. The van der Waals surface area contributed by atoms with Crippen LogP contribution in [0.15, 0.2) is 12.1 Å². The minimum atomic E-state index is -0.484.